The van der Waals surface area contributed by atoms with E-state index in [9.17, 15) is 13.2 Å². The molecule has 0 aromatic heterocycles. The average molecular weight is 397 g/mol. The van der Waals surface area contributed by atoms with Gasteiger partial charge in [0.25, 0.3) is 0 Å². The van der Waals surface area contributed by atoms with Gasteiger partial charge in [-0.15, -0.1) is 0 Å². The van der Waals surface area contributed by atoms with Crippen molar-refractivity contribution in [2.24, 2.45) is 0 Å². The van der Waals surface area contributed by atoms with Crippen molar-refractivity contribution in [2.75, 3.05) is 38.3 Å². The molecule has 6 nitrogen and oxygen atoms in total. The standard InChI is InChI=1S/C18H21ClN2O4S/c1-21(11-12-26(23,24)17-9-3-14(19)4-10-17)13-18(22)20-15-5-7-16(25-2)8-6-15/h3-10H,11-13H2,1-2H3,(H,20,22). The lowest BCUT2D eigenvalue weighted by atomic mass is 10.3. The molecule has 0 aliphatic heterocycles. The highest BCUT2D eigenvalue weighted by atomic mass is 35.5. The number of rotatable bonds is 8. The Bertz CT molecular complexity index is 836. The molecule has 2 aromatic rings. The Morgan fingerprint density at radius 2 is 1.73 bits per heavy atom. The Labute approximate surface area is 158 Å². The third-order valence-electron chi connectivity index (χ3n) is 3.70. The second-order valence-corrected chi connectivity index (χ2v) is 8.33. The molecular formula is C18H21ClN2O4S. The van der Waals surface area contributed by atoms with E-state index in [4.69, 9.17) is 16.3 Å². The molecule has 0 radical (unpaired) electrons. The summed E-state index contributed by atoms with van der Waals surface area (Å²) in [5.74, 6) is 0.398. The number of anilines is 1. The third-order valence-corrected chi connectivity index (χ3v) is 5.66. The topological polar surface area (TPSA) is 75.7 Å². The van der Waals surface area contributed by atoms with Crippen LogP contribution in [0.4, 0.5) is 5.69 Å². The van der Waals surface area contributed by atoms with Crippen LogP contribution in [-0.2, 0) is 14.6 Å². The zero-order chi connectivity index (χ0) is 19.2. The average Bonchev–Trinajstić information content (AvgIpc) is 2.61. The fraction of sp³-hybridized carbons (Fsp3) is 0.278. The summed E-state index contributed by atoms with van der Waals surface area (Å²) >= 11 is 5.78. The molecule has 0 atom stereocenters. The first kappa shape index (κ1) is 20.2. The van der Waals surface area contributed by atoms with E-state index in [2.05, 4.69) is 5.32 Å². The lowest BCUT2D eigenvalue weighted by Crippen LogP contribution is -2.33. The number of carbonyl (C=O) groups is 1. The zero-order valence-corrected chi connectivity index (χ0v) is 16.2. The second kappa shape index (κ2) is 9.02. The van der Waals surface area contributed by atoms with Crippen molar-refractivity contribution >= 4 is 33.0 Å². The number of amides is 1. The van der Waals surface area contributed by atoms with Gasteiger partial charge in [-0.3, -0.25) is 9.69 Å². The minimum absolute atomic E-state index is 0.0824. The molecular weight excluding hydrogens is 376 g/mol. The monoisotopic (exact) mass is 396 g/mol. The van der Waals surface area contributed by atoms with Crippen LogP contribution in [-0.4, -0.2) is 52.2 Å². The van der Waals surface area contributed by atoms with E-state index in [1.807, 2.05) is 0 Å². The van der Waals surface area contributed by atoms with Crippen molar-refractivity contribution in [1.29, 1.82) is 0 Å². The number of nitrogens with one attached hydrogen (secondary N) is 1. The van der Waals surface area contributed by atoms with Crippen molar-refractivity contribution in [3.63, 3.8) is 0 Å². The Kier molecular flexibility index (Phi) is 7.02. The molecule has 0 aliphatic rings. The molecule has 0 fully saturated rings. The van der Waals surface area contributed by atoms with Crippen molar-refractivity contribution in [3.05, 3.63) is 53.6 Å². The molecule has 8 heteroatoms. The fourth-order valence-electron chi connectivity index (χ4n) is 2.23. The molecule has 2 rings (SSSR count). The van der Waals surface area contributed by atoms with Crippen LogP contribution < -0.4 is 10.1 Å². The number of halogens is 1. The number of carbonyl (C=O) groups excluding carboxylic acids is 1. The number of hydrogen-bond donors (Lipinski definition) is 1. The van der Waals surface area contributed by atoms with E-state index in [1.165, 1.54) is 12.1 Å². The van der Waals surface area contributed by atoms with E-state index in [0.29, 0.717) is 16.5 Å². The van der Waals surface area contributed by atoms with Crippen LogP contribution in [0.25, 0.3) is 0 Å². The number of nitrogens with zero attached hydrogens (tertiary/aromatic N) is 1. The highest BCUT2D eigenvalue weighted by molar-refractivity contribution is 7.91. The third kappa shape index (κ3) is 6.01. The summed E-state index contributed by atoms with van der Waals surface area (Å²) in [7, 11) is -0.151. The van der Waals surface area contributed by atoms with Crippen molar-refractivity contribution in [3.8, 4) is 5.75 Å². The minimum atomic E-state index is -3.42. The highest BCUT2D eigenvalue weighted by Crippen LogP contribution is 2.16. The van der Waals surface area contributed by atoms with Crippen LogP contribution in [0.1, 0.15) is 0 Å². The van der Waals surface area contributed by atoms with E-state index in [-0.39, 0.29) is 29.6 Å². The predicted molar refractivity (Wildman–Crippen MR) is 103 cm³/mol. The minimum Gasteiger partial charge on any atom is -0.497 e. The van der Waals surface area contributed by atoms with Gasteiger partial charge in [0.1, 0.15) is 5.75 Å². The first-order chi connectivity index (χ1) is 12.3. The molecule has 0 saturated carbocycles. The summed E-state index contributed by atoms with van der Waals surface area (Å²) in [6, 6.07) is 13.0. The number of hydrogen-bond acceptors (Lipinski definition) is 5. The van der Waals surface area contributed by atoms with E-state index in [1.54, 1.807) is 55.5 Å². The van der Waals surface area contributed by atoms with Gasteiger partial charge in [-0.25, -0.2) is 8.42 Å². The lowest BCUT2D eigenvalue weighted by molar-refractivity contribution is -0.117. The molecule has 0 unspecified atom stereocenters. The van der Waals surface area contributed by atoms with E-state index < -0.39 is 9.84 Å². The summed E-state index contributed by atoms with van der Waals surface area (Å²) in [5.41, 5.74) is 0.651. The predicted octanol–water partition coefficient (Wildman–Crippen LogP) is 2.69. The van der Waals surface area contributed by atoms with Crippen LogP contribution in [0, 0.1) is 0 Å². The van der Waals surface area contributed by atoms with E-state index >= 15 is 0 Å². The van der Waals surface area contributed by atoms with Crippen LogP contribution >= 0.6 is 11.6 Å². The van der Waals surface area contributed by atoms with Crippen LogP contribution in [0.2, 0.25) is 5.02 Å². The van der Waals surface area contributed by atoms with Gasteiger partial charge < -0.3 is 10.1 Å². The molecule has 140 valence electrons. The smallest absolute Gasteiger partial charge is 0.238 e. The Balaban J connectivity index is 1.84. The quantitative estimate of drug-likeness (QED) is 0.742. The molecule has 0 bridgehead atoms. The van der Waals surface area contributed by atoms with Gasteiger partial charge in [0.15, 0.2) is 9.84 Å². The normalized spacial score (nSPS) is 11.4. The van der Waals surface area contributed by atoms with Gasteiger partial charge in [-0.1, -0.05) is 11.6 Å². The number of methoxy groups -OCH3 is 1. The van der Waals surface area contributed by atoms with Crippen LogP contribution in [0.5, 0.6) is 5.75 Å². The molecule has 0 spiro atoms. The van der Waals surface area contributed by atoms with Gasteiger partial charge >= 0.3 is 0 Å². The fourth-order valence-corrected chi connectivity index (χ4v) is 3.70. The zero-order valence-electron chi connectivity index (χ0n) is 14.6. The van der Waals surface area contributed by atoms with Gasteiger partial charge in [0.2, 0.25) is 5.91 Å². The summed E-state index contributed by atoms with van der Waals surface area (Å²) in [4.78, 5) is 13.9. The Morgan fingerprint density at radius 1 is 1.12 bits per heavy atom. The van der Waals surface area contributed by atoms with Gasteiger partial charge in [0, 0.05) is 17.3 Å². The van der Waals surface area contributed by atoms with Gasteiger partial charge in [0.05, 0.1) is 24.3 Å². The number of likely N-dealkylation sites (N-methyl/N-ethyl adjacent to an activating group) is 1. The number of sulfone groups is 1. The molecule has 0 aliphatic carbocycles. The maximum Gasteiger partial charge on any atom is 0.238 e. The maximum atomic E-state index is 12.3. The Hall–Kier alpha value is -2.09. The van der Waals surface area contributed by atoms with Crippen molar-refractivity contribution < 1.29 is 17.9 Å². The van der Waals surface area contributed by atoms with Crippen LogP contribution in [0.3, 0.4) is 0 Å². The first-order valence-corrected chi connectivity index (χ1v) is 9.94. The van der Waals surface area contributed by atoms with Crippen LogP contribution in [0.15, 0.2) is 53.4 Å². The summed E-state index contributed by atoms with van der Waals surface area (Å²) in [5, 5.41) is 3.24. The maximum absolute atomic E-state index is 12.3. The van der Waals surface area contributed by atoms with Gasteiger partial charge in [-0.05, 0) is 55.6 Å². The summed E-state index contributed by atoms with van der Waals surface area (Å²) in [6.45, 7) is 0.323. The largest absolute Gasteiger partial charge is 0.497 e. The van der Waals surface area contributed by atoms with Crippen molar-refractivity contribution in [2.45, 2.75) is 4.90 Å². The number of benzene rings is 2. The number of ether oxygens (including phenoxy) is 1. The van der Waals surface area contributed by atoms with E-state index in [0.717, 1.165) is 0 Å². The van der Waals surface area contributed by atoms with Crippen molar-refractivity contribution in [1.82, 2.24) is 4.90 Å². The Morgan fingerprint density at radius 3 is 2.31 bits per heavy atom. The SMILES string of the molecule is COc1ccc(NC(=O)CN(C)CCS(=O)(=O)c2ccc(Cl)cc2)cc1. The molecule has 2 aromatic carbocycles. The highest BCUT2D eigenvalue weighted by Gasteiger charge is 2.16. The second-order valence-electron chi connectivity index (χ2n) is 5.79. The summed E-state index contributed by atoms with van der Waals surface area (Å²) < 4.78 is 29.7. The molecule has 1 amide bonds. The molecule has 0 heterocycles. The lowest BCUT2D eigenvalue weighted by Gasteiger charge is -2.16. The summed E-state index contributed by atoms with van der Waals surface area (Å²) in [6.07, 6.45) is 0. The molecule has 1 N–H and O–H groups in total. The van der Waals surface area contributed by atoms with Gasteiger partial charge in [-0.2, -0.15) is 0 Å². The molecule has 0 saturated heterocycles. The molecule has 26 heavy (non-hydrogen) atoms. The first-order valence-electron chi connectivity index (χ1n) is 7.91.